The lowest BCUT2D eigenvalue weighted by Crippen LogP contribution is -2.24. The Hall–Kier alpha value is -0.610. The fourth-order valence-corrected chi connectivity index (χ4v) is 1.70. The summed E-state index contributed by atoms with van der Waals surface area (Å²) in [6.07, 6.45) is 7.29. The van der Waals surface area contributed by atoms with Crippen LogP contribution in [0.25, 0.3) is 0 Å². The van der Waals surface area contributed by atoms with Gasteiger partial charge in [0.2, 0.25) is 0 Å². The van der Waals surface area contributed by atoms with Gasteiger partial charge in [0.15, 0.2) is 6.10 Å². The Bertz CT molecular complexity index is 194. The molecule has 0 aromatic heterocycles. The Morgan fingerprint density at radius 2 is 1.67 bits per heavy atom. The summed E-state index contributed by atoms with van der Waals surface area (Å²) < 4.78 is 10.6. The van der Waals surface area contributed by atoms with Crippen LogP contribution in [0.1, 0.15) is 58.8 Å². The number of carbonyl (C=O) groups is 1. The zero-order valence-corrected chi connectivity index (χ0v) is 11.8. The van der Waals surface area contributed by atoms with Crippen LogP contribution in [0.5, 0.6) is 0 Å². The summed E-state index contributed by atoms with van der Waals surface area (Å²) in [6.45, 7) is 5.61. The molecule has 0 spiro atoms. The van der Waals surface area contributed by atoms with Crippen molar-refractivity contribution in [3.8, 4) is 0 Å². The van der Waals surface area contributed by atoms with Crippen molar-refractivity contribution in [2.24, 2.45) is 0 Å². The van der Waals surface area contributed by atoms with Crippen LogP contribution in [-0.2, 0) is 14.3 Å². The van der Waals surface area contributed by atoms with Crippen molar-refractivity contribution in [1.82, 2.24) is 0 Å². The van der Waals surface area contributed by atoms with Crippen molar-refractivity contribution in [3.63, 3.8) is 0 Å². The van der Waals surface area contributed by atoms with E-state index in [2.05, 4.69) is 6.92 Å². The quantitative estimate of drug-likeness (QED) is 0.516. The number of aliphatic carboxylic acids is 1. The summed E-state index contributed by atoms with van der Waals surface area (Å²) in [4.78, 5) is 10.7. The fraction of sp³-hybridized carbons (Fsp3) is 0.929. The molecule has 0 rings (SSSR count). The van der Waals surface area contributed by atoms with Gasteiger partial charge >= 0.3 is 5.97 Å². The Morgan fingerprint density at radius 1 is 1.00 bits per heavy atom. The highest BCUT2D eigenvalue weighted by Crippen LogP contribution is 2.05. The van der Waals surface area contributed by atoms with E-state index in [-0.39, 0.29) is 0 Å². The van der Waals surface area contributed by atoms with Gasteiger partial charge in [-0.05, 0) is 12.8 Å². The maximum Gasteiger partial charge on any atom is 0.332 e. The molecular weight excluding hydrogens is 232 g/mol. The lowest BCUT2D eigenvalue weighted by Gasteiger charge is -2.11. The normalized spacial score (nSPS) is 12.6. The van der Waals surface area contributed by atoms with E-state index in [9.17, 15) is 4.79 Å². The Kier molecular flexibility index (Phi) is 12.4. The smallest absolute Gasteiger partial charge is 0.332 e. The lowest BCUT2D eigenvalue weighted by atomic mass is 10.1. The number of carboxylic acid groups (broad SMARTS) is 1. The van der Waals surface area contributed by atoms with Gasteiger partial charge in [0.05, 0.1) is 13.2 Å². The second-order valence-corrected chi connectivity index (χ2v) is 4.49. The molecular formula is C14H28O4. The van der Waals surface area contributed by atoms with Crippen LogP contribution in [0, 0.1) is 0 Å². The third-order valence-electron chi connectivity index (χ3n) is 2.84. The molecule has 0 heterocycles. The van der Waals surface area contributed by atoms with Crippen LogP contribution in [0.15, 0.2) is 0 Å². The second kappa shape index (κ2) is 12.8. The van der Waals surface area contributed by atoms with Gasteiger partial charge in [-0.25, -0.2) is 4.79 Å². The first kappa shape index (κ1) is 17.4. The number of hydrogen-bond acceptors (Lipinski definition) is 3. The highest BCUT2D eigenvalue weighted by Gasteiger charge is 2.14. The number of unbranched alkanes of at least 4 members (excludes halogenated alkanes) is 5. The molecule has 18 heavy (non-hydrogen) atoms. The first-order valence-corrected chi connectivity index (χ1v) is 7.14. The van der Waals surface area contributed by atoms with Crippen LogP contribution in [0.2, 0.25) is 0 Å². The van der Waals surface area contributed by atoms with E-state index >= 15 is 0 Å². The van der Waals surface area contributed by atoms with E-state index in [1.165, 1.54) is 32.1 Å². The predicted molar refractivity (Wildman–Crippen MR) is 71.9 cm³/mol. The SMILES string of the molecule is CCCCCCCCOCCOC(CC)C(=O)O. The van der Waals surface area contributed by atoms with Gasteiger partial charge in [-0.1, -0.05) is 46.0 Å². The molecule has 0 fully saturated rings. The minimum atomic E-state index is -0.895. The molecule has 0 amide bonds. The van der Waals surface area contributed by atoms with Gasteiger partial charge < -0.3 is 14.6 Å². The third-order valence-corrected chi connectivity index (χ3v) is 2.84. The average molecular weight is 260 g/mol. The van der Waals surface area contributed by atoms with Crippen LogP contribution in [0.4, 0.5) is 0 Å². The average Bonchev–Trinajstić information content (AvgIpc) is 2.35. The van der Waals surface area contributed by atoms with Crippen molar-refractivity contribution in [1.29, 1.82) is 0 Å². The molecule has 0 bridgehead atoms. The molecule has 0 aromatic carbocycles. The molecule has 0 saturated carbocycles. The lowest BCUT2D eigenvalue weighted by molar-refractivity contribution is -0.151. The van der Waals surface area contributed by atoms with Crippen LogP contribution in [0.3, 0.4) is 0 Å². The maximum absolute atomic E-state index is 10.7. The second-order valence-electron chi connectivity index (χ2n) is 4.49. The standard InChI is InChI=1S/C14H28O4/c1-3-5-6-7-8-9-10-17-11-12-18-13(4-2)14(15)16/h13H,3-12H2,1-2H3,(H,15,16). The molecule has 0 aliphatic carbocycles. The van der Waals surface area contributed by atoms with E-state index in [0.29, 0.717) is 19.6 Å². The van der Waals surface area contributed by atoms with Crippen molar-refractivity contribution in [2.45, 2.75) is 64.9 Å². The third kappa shape index (κ3) is 10.5. The van der Waals surface area contributed by atoms with Gasteiger partial charge in [0.25, 0.3) is 0 Å². The number of hydrogen-bond donors (Lipinski definition) is 1. The van der Waals surface area contributed by atoms with E-state index in [1.807, 2.05) is 0 Å². The molecule has 0 aliphatic heterocycles. The minimum Gasteiger partial charge on any atom is -0.479 e. The van der Waals surface area contributed by atoms with E-state index in [0.717, 1.165) is 13.0 Å². The van der Waals surface area contributed by atoms with E-state index in [1.54, 1.807) is 6.92 Å². The molecule has 1 N–H and O–H groups in total. The van der Waals surface area contributed by atoms with Crippen molar-refractivity contribution in [3.05, 3.63) is 0 Å². The van der Waals surface area contributed by atoms with Crippen LogP contribution >= 0.6 is 0 Å². The zero-order chi connectivity index (χ0) is 13.6. The molecule has 0 radical (unpaired) electrons. The molecule has 4 nitrogen and oxygen atoms in total. The monoisotopic (exact) mass is 260 g/mol. The van der Waals surface area contributed by atoms with Gasteiger partial charge in [0, 0.05) is 6.61 Å². The highest BCUT2D eigenvalue weighted by molar-refractivity contribution is 5.72. The highest BCUT2D eigenvalue weighted by atomic mass is 16.5. The van der Waals surface area contributed by atoms with Gasteiger partial charge in [-0.2, -0.15) is 0 Å². The van der Waals surface area contributed by atoms with Crippen molar-refractivity contribution < 1.29 is 19.4 Å². The number of carboxylic acids is 1. The Balaban J connectivity index is 3.18. The van der Waals surface area contributed by atoms with Crippen molar-refractivity contribution >= 4 is 5.97 Å². The largest absolute Gasteiger partial charge is 0.479 e. The molecule has 1 atom stereocenters. The predicted octanol–water partition coefficient (Wildman–Crippen LogP) is 3.24. The van der Waals surface area contributed by atoms with Gasteiger partial charge in [0.1, 0.15) is 0 Å². The molecule has 0 aromatic rings. The van der Waals surface area contributed by atoms with Crippen LogP contribution < -0.4 is 0 Å². The van der Waals surface area contributed by atoms with Crippen molar-refractivity contribution in [2.75, 3.05) is 19.8 Å². The summed E-state index contributed by atoms with van der Waals surface area (Å²) >= 11 is 0. The van der Waals surface area contributed by atoms with Gasteiger partial charge in [-0.15, -0.1) is 0 Å². The first-order valence-electron chi connectivity index (χ1n) is 7.14. The fourth-order valence-electron chi connectivity index (χ4n) is 1.70. The number of rotatable bonds is 13. The summed E-state index contributed by atoms with van der Waals surface area (Å²) in [5.74, 6) is -0.895. The maximum atomic E-state index is 10.7. The Labute approximate surface area is 111 Å². The molecule has 0 saturated heterocycles. The molecule has 4 heteroatoms. The summed E-state index contributed by atoms with van der Waals surface area (Å²) in [6, 6.07) is 0. The summed E-state index contributed by atoms with van der Waals surface area (Å²) in [7, 11) is 0. The summed E-state index contributed by atoms with van der Waals surface area (Å²) in [5, 5.41) is 8.75. The molecule has 108 valence electrons. The Morgan fingerprint density at radius 3 is 2.28 bits per heavy atom. The molecule has 1 unspecified atom stereocenters. The summed E-state index contributed by atoms with van der Waals surface area (Å²) in [5.41, 5.74) is 0. The van der Waals surface area contributed by atoms with E-state index in [4.69, 9.17) is 14.6 Å². The number of ether oxygens (including phenoxy) is 2. The minimum absolute atomic E-state index is 0.362. The van der Waals surface area contributed by atoms with E-state index < -0.39 is 12.1 Å². The zero-order valence-electron chi connectivity index (χ0n) is 11.8. The van der Waals surface area contributed by atoms with Gasteiger partial charge in [-0.3, -0.25) is 0 Å². The first-order chi connectivity index (χ1) is 8.72. The molecule has 0 aliphatic rings. The van der Waals surface area contributed by atoms with Crippen LogP contribution in [-0.4, -0.2) is 37.0 Å². The topological polar surface area (TPSA) is 55.8 Å².